The van der Waals surface area contributed by atoms with Gasteiger partial charge in [0.05, 0.1) is 51.3 Å². The highest BCUT2D eigenvalue weighted by Crippen LogP contribution is 2.43. The number of nitrogens with one attached hydrogen (secondary N) is 2. The predicted molar refractivity (Wildman–Crippen MR) is 116 cm³/mol. The highest BCUT2D eigenvalue weighted by atomic mass is 32.2. The third-order valence-electron chi connectivity index (χ3n) is 5.13. The van der Waals surface area contributed by atoms with Gasteiger partial charge in [0.25, 0.3) is 0 Å². The van der Waals surface area contributed by atoms with Gasteiger partial charge < -0.3 is 10.3 Å². The Bertz CT molecular complexity index is 1510. The number of aromatic amines is 1. The van der Waals surface area contributed by atoms with E-state index in [1.807, 2.05) is 24.3 Å². The quantitative estimate of drug-likeness (QED) is 0.425. The lowest BCUT2D eigenvalue weighted by Crippen LogP contribution is -2.01. The average Bonchev–Trinajstić information content (AvgIpc) is 3.17. The van der Waals surface area contributed by atoms with Crippen LogP contribution in [0.25, 0.3) is 33.9 Å². The SMILES string of the molecule is CS(=O)(=O)c1cc(C#N)c(-c2nc3c([nH]2)-c2ccncc2Nc2ncccc2-3)c(C#N)c1. The van der Waals surface area contributed by atoms with Gasteiger partial charge in [-0.3, -0.25) is 4.98 Å². The van der Waals surface area contributed by atoms with Crippen LogP contribution in [0, 0.1) is 22.7 Å². The summed E-state index contributed by atoms with van der Waals surface area (Å²) in [5.74, 6) is 0.870. The molecule has 2 N–H and O–H groups in total. The summed E-state index contributed by atoms with van der Waals surface area (Å²) < 4.78 is 24.1. The number of benzene rings is 1. The Balaban J connectivity index is 1.83. The van der Waals surface area contributed by atoms with Gasteiger partial charge in [-0.05, 0) is 30.3 Å². The van der Waals surface area contributed by atoms with E-state index in [1.54, 1.807) is 24.7 Å². The van der Waals surface area contributed by atoms with Crippen LogP contribution in [0.15, 0.2) is 53.8 Å². The fraction of sp³-hybridized carbons (Fsp3) is 0.0455. The van der Waals surface area contributed by atoms with Gasteiger partial charge in [0.15, 0.2) is 9.84 Å². The lowest BCUT2D eigenvalue weighted by Gasteiger charge is -2.09. The molecule has 154 valence electrons. The molecule has 0 atom stereocenters. The molecule has 0 bridgehead atoms. The van der Waals surface area contributed by atoms with Crippen LogP contribution < -0.4 is 5.32 Å². The smallest absolute Gasteiger partial charge is 0.175 e. The Morgan fingerprint density at radius 1 is 1.03 bits per heavy atom. The Kier molecular flexibility index (Phi) is 4.26. The predicted octanol–water partition coefficient (Wildman–Crippen LogP) is 3.40. The van der Waals surface area contributed by atoms with Crippen molar-refractivity contribution in [2.24, 2.45) is 0 Å². The molecule has 32 heavy (non-hydrogen) atoms. The van der Waals surface area contributed by atoms with Crippen molar-refractivity contribution in [2.45, 2.75) is 4.90 Å². The number of rotatable bonds is 2. The van der Waals surface area contributed by atoms with Crippen molar-refractivity contribution in [1.82, 2.24) is 19.9 Å². The maximum absolute atomic E-state index is 12.0. The van der Waals surface area contributed by atoms with E-state index in [0.29, 0.717) is 17.2 Å². The van der Waals surface area contributed by atoms with Crippen LogP contribution in [-0.2, 0) is 9.84 Å². The minimum absolute atomic E-state index is 0.0351. The number of hydrogen-bond donors (Lipinski definition) is 2. The van der Waals surface area contributed by atoms with Crippen molar-refractivity contribution in [1.29, 1.82) is 10.5 Å². The minimum Gasteiger partial charge on any atom is -0.338 e. The first kappa shape index (κ1) is 19.4. The second kappa shape index (κ2) is 7.01. The summed E-state index contributed by atoms with van der Waals surface area (Å²) in [6.45, 7) is 0. The summed E-state index contributed by atoms with van der Waals surface area (Å²) in [7, 11) is -3.61. The molecule has 0 saturated heterocycles. The number of nitriles is 2. The van der Waals surface area contributed by atoms with Crippen molar-refractivity contribution in [2.75, 3.05) is 11.6 Å². The molecule has 4 heterocycles. The van der Waals surface area contributed by atoms with Gasteiger partial charge in [0.1, 0.15) is 17.3 Å². The molecule has 0 radical (unpaired) electrons. The number of nitrogens with zero attached hydrogens (tertiary/aromatic N) is 5. The number of H-pyrrole nitrogens is 1. The van der Waals surface area contributed by atoms with Crippen LogP contribution in [0.2, 0.25) is 0 Å². The van der Waals surface area contributed by atoms with Gasteiger partial charge >= 0.3 is 0 Å². The maximum Gasteiger partial charge on any atom is 0.175 e. The summed E-state index contributed by atoms with van der Waals surface area (Å²) in [6.07, 6.45) is 6.01. The van der Waals surface area contributed by atoms with Gasteiger partial charge in [-0.15, -0.1) is 0 Å². The molecule has 4 aromatic rings. The third kappa shape index (κ3) is 2.98. The molecule has 5 rings (SSSR count). The third-order valence-corrected chi connectivity index (χ3v) is 6.22. The molecule has 0 amide bonds. The van der Waals surface area contributed by atoms with Crippen LogP contribution in [-0.4, -0.2) is 34.6 Å². The number of sulfone groups is 1. The van der Waals surface area contributed by atoms with Gasteiger partial charge in [-0.2, -0.15) is 10.5 Å². The van der Waals surface area contributed by atoms with E-state index < -0.39 is 9.84 Å². The molecule has 1 aromatic carbocycles. The number of hydrogen-bond acceptors (Lipinski definition) is 8. The van der Waals surface area contributed by atoms with Gasteiger partial charge in [0.2, 0.25) is 0 Å². The van der Waals surface area contributed by atoms with Crippen LogP contribution in [0.3, 0.4) is 0 Å². The molecule has 3 aromatic heterocycles. The van der Waals surface area contributed by atoms with E-state index in [2.05, 4.69) is 20.3 Å². The number of fused-ring (bicyclic) bond motifs is 5. The number of anilines is 2. The molecule has 9 nitrogen and oxygen atoms in total. The summed E-state index contributed by atoms with van der Waals surface area (Å²) in [5.41, 5.74) is 3.79. The molecule has 1 aliphatic rings. The second-order valence-electron chi connectivity index (χ2n) is 7.14. The first-order chi connectivity index (χ1) is 15.4. The highest BCUT2D eigenvalue weighted by molar-refractivity contribution is 7.90. The molecule has 0 aliphatic carbocycles. The topological polar surface area (TPSA) is 148 Å². The lowest BCUT2D eigenvalue weighted by molar-refractivity contribution is 0.602. The largest absolute Gasteiger partial charge is 0.338 e. The molecular weight excluding hydrogens is 426 g/mol. The summed E-state index contributed by atoms with van der Waals surface area (Å²) in [5, 5.41) is 22.7. The van der Waals surface area contributed by atoms with E-state index >= 15 is 0 Å². The van der Waals surface area contributed by atoms with Crippen molar-refractivity contribution < 1.29 is 8.42 Å². The van der Waals surface area contributed by atoms with E-state index in [1.165, 1.54) is 12.1 Å². The van der Waals surface area contributed by atoms with Crippen molar-refractivity contribution in [3.63, 3.8) is 0 Å². The second-order valence-corrected chi connectivity index (χ2v) is 9.16. The van der Waals surface area contributed by atoms with Crippen molar-refractivity contribution in [3.8, 4) is 46.0 Å². The van der Waals surface area contributed by atoms with Crippen LogP contribution in [0.5, 0.6) is 0 Å². The van der Waals surface area contributed by atoms with E-state index in [9.17, 15) is 18.9 Å². The first-order valence-electron chi connectivity index (χ1n) is 9.36. The van der Waals surface area contributed by atoms with Crippen molar-refractivity contribution in [3.05, 3.63) is 60.0 Å². The van der Waals surface area contributed by atoms with E-state index in [4.69, 9.17) is 4.98 Å². The Hall–Kier alpha value is -4.54. The molecule has 0 fully saturated rings. The zero-order chi connectivity index (χ0) is 22.5. The highest BCUT2D eigenvalue weighted by Gasteiger charge is 2.26. The van der Waals surface area contributed by atoms with Gasteiger partial charge in [-0.25, -0.2) is 18.4 Å². The van der Waals surface area contributed by atoms with Crippen LogP contribution in [0.1, 0.15) is 11.1 Å². The Morgan fingerprint density at radius 3 is 2.47 bits per heavy atom. The molecule has 0 unspecified atom stereocenters. The summed E-state index contributed by atoms with van der Waals surface area (Å²) in [6, 6.07) is 12.0. The fourth-order valence-electron chi connectivity index (χ4n) is 3.68. The number of imidazole rings is 1. The molecule has 10 heteroatoms. The zero-order valence-corrected chi connectivity index (χ0v) is 17.4. The molecular formula is C22H13N7O2S. The van der Waals surface area contributed by atoms with E-state index in [0.717, 1.165) is 23.1 Å². The van der Waals surface area contributed by atoms with Gasteiger partial charge in [-0.1, -0.05) is 0 Å². The van der Waals surface area contributed by atoms with Crippen molar-refractivity contribution >= 4 is 21.3 Å². The van der Waals surface area contributed by atoms with Crippen LogP contribution in [0.4, 0.5) is 11.5 Å². The fourth-order valence-corrected chi connectivity index (χ4v) is 4.34. The maximum atomic E-state index is 12.0. The average molecular weight is 439 g/mol. The standard InChI is InChI=1S/C22H13N7O2S/c1-32(30,31)14-7-12(9-23)18(13(8-14)10-24)22-28-19-15-4-6-25-11-17(15)27-21-16(20(19)29-22)3-2-5-26-21/h2-8,11H,1H3,(H,26,27)(H,28,29). The molecule has 1 aliphatic heterocycles. The summed E-state index contributed by atoms with van der Waals surface area (Å²) in [4.78, 5) is 16.4. The number of pyridine rings is 2. The van der Waals surface area contributed by atoms with Gasteiger partial charge in [0, 0.05) is 29.8 Å². The minimum atomic E-state index is -3.61. The molecule has 0 spiro atoms. The van der Waals surface area contributed by atoms with E-state index in [-0.39, 0.29) is 27.4 Å². The van der Waals surface area contributed by atoms with Crippen LogP contribution >= 0.6 is 0 Å². The lowest BCUT2D eigenvalue weighted by atomic mass is 10.0. The summed E-state index contributed by atoms with van der Waals surface area (Å²) >= 11 is 0. The first-order valence-corrected chi connectivity index (χ1v) is 11.3. The number of aromatic nitrogens is 4. The monoisotopic (exact) mass is 439 g/mol. The zero-order valence-electron chi connectivity index (χ0n) is 16.6. The molecule has 0 saturated carbocycles. The Labute approximate surface area is 183 Å². The Morgan fingerprint density at radius 2 is 1.78 bits per heavy atom. The normalized spacial score (nSPS) is 11.7.